The highest BCUT2D eigenvalue weighted by Crippen LogP contribution is 2.37. The topological polar surface area (TPSA) is 74.7 Å². The quantitative estimate of drug-likeness (QED) is 0.526. The van der Waals surface area contributed by atoms with Crippen LogP contribution in [0.4, 0.5) is 0 Å². The Bertz CT molecular complexity index is 1090. The molecule has 3 aromatic rings. The molecule has 6 nitrogen and oxygen atoms in total. The van der Waals surface area contributed by atoms with Crippen molar-refractivity contribution >= 4 is 48.6 Å². The molecule has 0 saturated carbocycles. The van der Waals surface area contributed by atoms with Gasteiger partial charge in [0.15, 0.2) is 10.6 Å². The van der Waals surface area contributed by atoms with Gasteiger partial charge in [0.25, 0.3) is 0 Å². The summed E-state index contributed by atoms with van der Waals surface area (Å²) < 4.78 is 41.9. The predicted octanol–water partition coefficient (Wildman–Crippen LogP) is 4.44. The van der Waals surface area contributed by atoms with Crippen molar-refractivity contribution in [3.63, 3.8) is 0 Å². The normalized spacial score (nSPS) is 11.4. The summed E-state index contributed by atoms with van der Waals surface area (Å²) in [7, 11) is -1.42. The Morgan fingerprint density at radius 2 is 1.77 bits per heavy atom. The second kappa shape index (κ2) is 7.30. The van der Waals surface area contributed by atoms with E-state index in [2.05, 4.69) is 20.9 Å². The first-order valence-corrected chi connectivity index (χ1v) is 9.84. The lowest BCUT2D eigenvalue weighted by Gasteiger charge is -2.14. The minimum absolute atomic E-state index is 0.0638. The zero-order chi connectivity index (χ0) is 18.9. The molecule has 1 heterocycles. The number of methoxy groups -OCH3 is 2. The summed E-state index contributed by atoms with van der Waals surface area (Å²) in [4.78, 5) is 4.01. The summed E-state index contributed by atoms with van der Waals surface area (Å²) in [5, 5.41) is 1.03. The van der Waals surface area contributed by atoms with Crippen molar-refractivity contribution in [1.82, 2.24) is 4.98 Å². The minimum Gasteiger partial charge on any atom is -0.496 e. The van der Waals surface area contributed by atoms with Gasteiger partial charge < -0.3 is 13.7 Å². The fourth-order valence-electron chi connectivity index (χ4n) is 2.37. The molecule has 1 aromatic heterocycles. The van der Waals surface area contributed by atoms with Crippen LogP contribution in [0.1, 0.15) is 0 Å². The third kappa shape index (κ3) is 3.44. The van der Waals surface area contributed by atoms with Crippen LogP contribution in [-0.2, 0) is 10.1 Å². The second-order valence-electron chi connectivity index (χ2n) is 5.12. The third-order valence-corrected chi connectivity index (χ3v) is 5.79. The number of benzene rings is 2. The molecule has 0 aliphatic carbocycles. The molecule has 0 fully saturated rings. The lowest BCUT2D eigenvalue weighted by molar-refractivity contribution is 0.386. The van der Waals surface area contributed by atoms with Crippen molar-refractivity contribution in [3.8, 4) is 17.2 Å². The van der Waals surface area contributed by atoms with Crippen LogP contribution >= 0.6 is 27.5 Å². The molecule has 0 aliphatic heterocycles. The second-order valence-corrected chi connectivity index (χ2v) is 7.90. The van der Waals surface area contributed by atoms with Crippen LogP contribution in [0, 0.1) is 0 Å². The van der Waals surface area contributed by atoms with Gasteiger partial charge in [-0.2, -0.15) is 8.42 Å². The molecule has 9 heteroatoms. The average Bonchev–Trinajstić information content (AvgIpc) is 2.63. The summed E-state index contributed by atoms with van der Waals surface area (Å²) in [5.41, 5.74) is 0.339. The van der Waals surface area contributed by atoms with Gasteiger partial charge in [-0.25, -0.2) is 0 Å². The Labute approximate surface area is 163 Å². The van der Waals surface area contributed by atoms with Gasteiger partial charge in [-0.3, -0.25) is 4.98 Å². The van der Waals surface area contributed by atoms with E-state index in [1.807, 2.05) is 0 Å². The van der Waals surface area contributed by atoms with Crippen molar-refractivity contribution in [3.05, 3.63) is 52.1 Å². The molecule has 0 bridgehead atoms. The van der Waals surface area contributed by atoms with E-state index in [-0.39, 0.29) is 16.4 Å². The fourth-order valence-corrected chi connectivity index (χ4v) is 4.17. The number of rotatable bonds is 5. The van der Waals surface area contributed by atoms with Crippen LogP contribution < -0.4 is 13.7 Å². The molecule has 3 rings (SSSR count). The Kier molecular flexibility index (Phi) is 5.27. The maximum absolute atomic E-state index is 12.9. The van der Waals surface area contributed by atoms with Crippen molar-refractivity contribution in [2.45, 2.75) is 4.90 Å². The van der Waals surface area contributed by atoms with Gasteiger partial charge in [0.2, 0.25) is 0 Å². The molecule has 26 heavy (non-hydrogen) atoms. The number of aromatic nitrogens is 1. The highest BCUT2D eigenvalue weighted by molar-refractivity contribution is 9.10. The van der Waals surface area contributed by atoms with E-state index in [1.54, 1.807) is 18.2 Å². The van der Waals surface area contributed by atoms with Gasteiger partial charge in [0.05, 0.1) is 23.7 Å². The van der Waals surface area contributed by atoms with Gasteiger partial charge in [-0.05, 0) is 46.3 Å². The lowest BCUT2D eigenvalue weighted by atomic mass is 10.2. The predicted molar refractivity (Wildman–Crippen MR) is 102 cm³/mol. The lowest BCUT2D eigenvalue weighted by Crippen LogP contribution is -2.12. The van der Waals surface area contributed by atoms with Crippen molar-refractivity contribution in [1.29, 1.82) is 0 Å². The van der Waals surface area contributed by atoms with Crippen LogP contribution in [0.5, 0.6) is 17.2 Å². The van der Waals surface area contributed by atoms with E-state index in [0.717, 1.165) is 0 Å². The van der Waals surface area contributed by atoms with Gasteiger partial charge >= 0.3 is 10.1 Å². The first-order chi connectivity index (χ1) is 12.4. The number of hydrogen-bond donors (Lipinski definition) is 0. The zero-order valence-electron chi connectivity index (χ0n) is 13.7. The van der Waals surface area contributed by atoms with E-state index in [1.165, 1.54) is 38.6 Å². The molecule has 0 saturated heterocycles. The van der Waals surface area contributed by atoms with E-state index < -0.39 is 10.1 Å². The highest BCUT2D eigenvalue weighted by atomic mass is 79.9. The van der Waals surface area contributed by atoms with Crippen LogP contribution in [0.15, 0.2) is 52.0 Å². The molecule has 0 unspecified atom stereocenters. The fraction of sp³-hybridized carbons (Fsp3) is 0.118. The van der Waals surface area contributed by atoms with Crippen LogP contribution in [-0.4, -0.2) is 27.6 Å². The molecule has 2 aromatic carbocycles. The molecule has 0 atom stereocenters. The molecule has 0 spiro atoms. The number of fused-ring (bicyclic) bond motifs is 1. The van der Waals surface area contributed by atoms with Crippen LogP contribution in [0.3, 0.4) is 0 Å². The summed E-state index contributed by atoms with van der Waals surface area (Å²) in [6.45, 7) is 0. The average molecular weight is 459 g/mol. The van der Waals surface area contributed by atoms with Crippen LogP contribution in [0.25, 0.3) is 10.9 Å². The maximum atomic E-state index is 12.9. The SMILES string of the molecule is COc1cc(S(=O)(=O)Oc2ccc(Cl)c3cccnc23)c(OC)cc1Br. The number of nitrogens with zero attached hydrogens (tertiary/aromatic N) is 1. The summed E-state index contributed by atoms with van der Waals surface area (Å²) in [5.74, 6) is 0.505. The minimum atomic E-state index is -4.22. The van der Waals surface area contributed by atoms with Gasteiger partial charge in [-0.1, -0.05) is 11.6 Å². The van der Waals surface area contributed by atoms with E-state index in [9.17, 15) is 8.42 Å². The third-order valence-electron chi connectivity index (χ3n) is 3.59. The van der Waals surface area contributed by atoms with Gasteiger partial charge in [0.1, 0.15) is 17.0 Å². The molecule has 0 radical (unpaired) electrons. The monoisotopic (exact) mass is 457 g/mol. The highest BCUT2D eigenvalue weighted by Gasteiger charge is 2.25. The number of pyridine rings is 1. The Hall–Kier alpha value is -2.03. The van der Waals surface area contributed by atoms with Crippen LogP contribution in [0.2, 0.25) is 5.02 Å². The molecule has 0 amide bonds. The first kappa shape index (κ1) is 18.8. The first-order valence-electron chi connectivity index (χ1n) is 7.26. The van der Waals surface area contributed by atoms with E-state index in [4.69, 9.17) is 25.3 Å². The smallest absolute Gasteiger partial charge is 0.343 e. The molecule has 0 aliphatic rings. The van der Waals surface area contributed by atoms with E-state index >= 15 is 0 Å². The number of ether oxygens (including phenoxy) is 2. The molecular formula is C17H13BrClNO5S. The zero-order valence-corrected chi connectivity index (χ0v) is 16.9. The summed E-state index contributed by atoms with van der Waals surface area (Å²) in [6.07, 6.45) is 1.53. The Morgan fingerprint density at radius 3 is 2.46 bits per heavy atom. The van der Waals surface area contributed by atoms with Crippen molar-refractivity contribution in [2.24, 2.45) is 0 Å². The standard InChI is InChI=1S/C17H13BrClNO5S/c1-23-14-9-16(15(24-2)8-11(14)18)26(21,22)25-13-6-5-12(19)10-4-3-7-20-17(10)13/h3-9H,1-2H3. The summed E-state index contributed by atoms with van der Waals surface area (Å²) in [6, 6.07) is 9.26. The molecule has 0 N–H and O–H groups in total. The van der Waals surface area contributed by atoms with E-state index in [0.29, 0.717) is 26.1 Å². The van der Waals surface area contributed by atoms with Gasteiger partial charge in [-0.15, -0.1) is 0 Å². The van der Waals surface area contributed by atoms with Crippen molar-refractivity contribution < 1.29 is 22.1 Å². The van der Waals surface area contributed by atoms with Crippen molar-refractivity contribution in [2.75, 3.05) is 14.2 Å². The maximum Gasteiger partial charge on any atom is 0.343 e. The number of halogens is 2. The summed E-state index contributed by atoms with van der Waals surface area (Å²) >= 11 is 9.43. The molecule has 136 valence electrons. The Balaban J connectivity index is 2.13. The largest absolute Gasteiger partial charge is 0.496 e. The molecular weight excluding hydrogens is 446 g/mol. The number of hydrogen-bond acceptors (Lipinski definition) is 6. The Morgan fingerprint density at radius 1 is 1.04 bits per heavy atom. The van der Waals surface area contributed by atoms with Gasteiger partial charge in [0, 0.05) is 17.6 Å².